The molecule has 4 aromatic carbocycles. The number of ether oxygens (including phenoxy) is 2. The highest BCUT2D eigenvalue weighted by atomic mass is 79.9. The van der Waals surface area contributed by atoms with Gasteiger partial charge in [-0.15, -0.1) is 0 Å². The second-order valence-corrected chi connectivity index (χ2v) is 11.9. The minimum atomic E-state index is -0.456. The smallest absolute Gasteiger partial charge is 0.282 e. The summed E-state index contributed by atoms with van der Waals surface area (Å²) in [7, 11) is 0. The number of aryl methyl sites for hydroxylation is 1. The number of fused-ring (bicyclic) bond motifs is 1. The molecule has 1 aromatic heterocycles. The molecule has 0 saturated heterocycles. The summed E-state index contributed by atoms with van der Waals surface area (Å²) in [5.41, 5.74) is 4.13. The average Bonchev–Trinajstić information content (AvgIpc) is 3.00. The molecule has 0 aliphatic carbocycles. The van der Waals surface area contributed by atoms with Crippen LogP contribution >= 0.6 is 27.5 Å². The lowest BCUT2D eigenvalue weighted by Crippen LogP contribution is -2.21. The lowest BCUT2D eigenvalue weighted by atomic mass is 9.96. The van der Waals surface area contributed by atoms with E-state index in [0.717, 1.165) is 22.4 Å². The van der Waals surface area contributed by atoms with E-state index in [1.165, 1.54) is 23.0 Å². The highest BCUT2D eigenvalue weighted by Crippen LogP contribution is 2.36. The van der Waals surface area contributed by atoms with E-state index in [1.807, 2.05) is 38.1 Å². The number of benzene rings is 4. The number of nitro groups is 1. The largest absolute Gasteiger partial charge is 0.494 e. The Bertz CT molecular complexity index is 1980. The number of nitrogens with zero attached hydrogens (tertiary/aromatic N) is 4. The van der Waals surface area contributed by atoms with Crippen molar-refractivity contribution in [3.05, 3.63) is 125 Å². The molecule has 11 heteroatoms. The van der Waals surface area contributed by atoms with Crippen molar-refractivity contribution in [1.29, 1.82) is 0 Å². The van der Waals surface area contributed by atoms with Gasteiger partial charge in [0.1, 0.15) is 12.4 Å². The minimum Gasteiger partial charge on any atom is -0.494 e. The van der Waals surface area contributed by atoms with E-state index in [0.29, 0.717) is 49.7 Å². The van der Waals surface area contributed by atoms with Crippen LogP contribution in [0.1, 0.15) is 48.9 Å². The molecule has 0 aliphatic heterocycles. The van der Waals surface area contributed by atoms with Gasteiger partial charge in [0.25, 0.3) is 11.2 Å². The van der Waals surface area contributed by atoms with Gasteiger partial charge in [-0.1, -0.05) is 49.7 Å². The summed E-state index contributed by atoms with van der Waals surface area (Å²) >= 11 is 10.1. The fourth-order valence-electron chi connectivity index (χ4n) is 4.91. The van der Waals surface area contributed by atoms with Gasteiger partial charge in [-0.25, -0.2) is 4.98 Å². The number of halogens is 2. The van der Waals surface area contributed by atoms with Gasteiger partial charge in [0, 0.05) is 17.7 Å². The molecule has 5 aromatic rings. The van der Waals surface area contributed by atoms with Crippen molar-refractivity contribution in [3.8, 4) is 22.9 Å². The number of nitro benzene ring substituents is 1. The predicted octanol–water partition coefficient (Wildman–Crippen LogP) is 8.68. The van der Waals surface area contributed by atoms with Gasteiger partial charge in [-0.2, -0.15) is 9.78 Å². The summed E-state index contributed by atoms with van der Waals surface area (Å²) in [5, 5.41) is 16.5. The second kappa shape index (κ2) is 13.6. The molecule has 0 bridgehead atoms. The molecule has 0 spiro atoms. The number of rotatable bonds is 10. The van der Waals surface area contributed by atoms with Crippen LogP contribution in [0.4, 0.5) is 5.69 Å². The standard InChI is InChI=1S/C34H30BrClN4O5/c1-5-44-31-13-21(4)27(17-26(31)20(2)3)33-38-30-12-7-6-11-25(30)34(41)39(33)37-18-23-15-28(35)32(29(36)16-23)45-19-22-9-8-10-24(14-22)40(42)43/h6-18,20H,5,19H2,1-4H3. The molecule has 1 heterocycles. The number of non-ortho nitro benzene ring substituents is 1. The Morgan fingerprint density at radius 3 is 2.58 bits per heavy atom. The third-order valence-electron chi connectivity index (χ3n) is 7.12. The molecule has 0 radical (unpaired) electrons. The molecule has 0 aliphatic rings. The highest BCUT2D eigenvalue weighted by Gasteiger charge is 2.19. The molecule has 45 heavy (non-hydrogen) atoms. The van der Waals surface area contributed by atoms with Crippen LogP contribution in [0.15, 0.2) is 87.2 Å². The van der Waals surface area contributed by atoms with Crippen molar-refractivity contribution in [1.82, 2.24) is 9.66 Å². The number of aromatic nitrogens is 2. The Balaban J connectivity index is 1.54. The van der Waals surface area contributed by atoms with E-state index < -0.39 is 4.92 Å². The van der Waals surface area contributed by atoms with E-state index in [1.54, 1.807) is 36.4 Å². The van der Waals surface area contributed by atoms with Crippen molar-refractivity contribution >= 4 is 50.3 Å². The highest BCUT2D eigenvalue weighted by molar-refractivity contribution is 9.10. The molecular formula is C34H30BrClN4O5. The maximum atomic E-state index is 13.8. The van der Waals surface area contributed by atoms with E-state index in [2.05, 4.69) is 34.9 Å². The summed E-state index contributed by atoms with van der Waals surface area (Å²) in [4.78, 5) is 29.3. The zero-order chi connectivity index (χ0) is 32.2. The molecule has 5 rings (SSSR count). The second-order valence-electron chi connectivity index (χ2n) is 10.6. The lowest BCUT2D eigenvalue weighted by Gasteiger charge is -2.18. The Kier molecular flexibility index (Phi) is 9.65. The fraction of sp³-hybridized carbons (Fsp3) is 0.206. The van der Waals surface area contributed by atoms with Crippen LogP contribution in [0.3, 0.4) is 0 Å². The molecule has 0 fully saturated rings. The van der Waals surface area contributed by atoms with Crippen LogP contribution in [0.5, 0.6) is 11.5 Å². The van der Waals surface area contributed by atoms with Gasteiger partial charge in [0.15, 0.2) is 11.6 Å². The van der Waals surface area contributed by atoms with Gasteiger partial charge in [-0.3, -0.25) is 14.9 Å². The normalized spacial score (nSPS) is 11.4. The maximum Gasteiger partial charge on any atom is 0.282 e. The first-order chi connectivity index (χ1) is 21.6. The fourth-order valence-corrected chi connectivity index (χ4v) is 5.90. The van der Waals surface area contributed by atoms with Crippen molar-refractivity contribution < 1.29 is 14.4 Å². The van der Waals surface area contributed by atoms with Gasteiger partial charge in [0.05, 0.1) is 38.1 Å². The minimum absolute atomic E-state index is 0.0218. The first-order valence-electron chi connectivity index (χ1n) is 14.3. The molecule has 0 N–H and O–H groups in total. The van der Waals surface area contributed by atoms with E-state index in [4.69, 9.17) is 26.1 Å². The van der Waals surface area contributed by atoms with E-state index in [9.17, 15) is 14.9 Å². The van der Waals surface area contributed by atoms with Crippen molar-refractivity contribution in [2.45, 2.75) is 40.2 Å². The first-order valence-corrected chi connectivity index (χ1v) is 15.4. The average molecular weight is 690 g/mol. The van der Waals surface area contributed by atoms with Crippen LogP contribution in [0.2, 0.25) is 5.02 Å². The molecular weight excluding hydrogens is 660 g/mol. The van der Waals surface area contributed by atoms with Crippen LogP contribution in [0.25, 0.3) is 22.3 Å². The Morgan fingerprint density at radius 2 is 1.87 bits per heavy atom. The third-order valence-corrected chi connectivity index (χ3v) is 7.99. The van der Waals surface area contributed by atoms with Crippen molar-refractivity contribution in [3.63, 3.8) is 0 Å². The van der Waals surface area contributed by atoms with Gasteiger partial charge < -0.3 is 9.47 Å². The van der Waals surface area contributed by atoms with Crippen molar-refractivity contribution in [2.75, 3.05) is 6.61 Å². The van der Waals surface area contributed by atoms with Gasteiger partial charge in [-0.05, 0) is 94.3 Å². The van der Waals surface area contributed by atoms with Crippen LogP contribution in [-0.4, -0.2) is 27.4 Å². The molecule has 0 amide bonds. The van der Waals surface area contributed by atoms with E-state index in [-0.39, 0.29) is 23.8 Å². The lowest BCUT2D eigenvalue weighted by molar-refractivity contribution is -0.384. The maximum absolute atomic E-state index is 13.8. The first kappa shape index (κ1) is 31.9. The van der Waals surface area contributed by atoms with Crippen LogP contribution in [0, 0.1) is 17.0 Å². The summed E-state index contributed by atoms with van der Waals surface area (Å²) in [5.74, 6) is 1.75. The Hall–Kier alpha value is -4.54. The third kappa shape index (κ3) is 6.92. The van der Waals surface area contributed by atoms with Gasteiger partial charge in [0.2, 0.25) is 0 Å². The number of hydrogen-bond acceptors (Lipinski definition) is 7. The molecule has 0 unspecified atom stereocenters. The zero-order valence-corrected chi connectivity index (χ0v) is 27.4. The Morgan fingerprint density at radius 1 is 1.09 bits per heavy atom. The van der Waals surface area contributed by atoms with Crippen LogP contribution < -0.4 is 15.0 Å². The summed E-state index contributed by atoms with van der Waals surface area (Å²) in [6, 6.07) is 20.8. The van der Waals surface area contributed by atoms with E-state index >= 15 is 0 Å². The van der Waals surface area contributed by atoms with Gasteiger partial charge >= 0.3 is 0 Å². The summed E-state index contributed by atoms with van der Waals surface area (Å²) in [6.45, 7) is 8.71. The Labute approximate surface area is 273 Å². The molecule has 230 valence electrons. The van der Waals surface area contributed by atoms with Crippen LogP contribution in [-0.2, 0) is 6.61 Å². The summed E-state index contributed by atoms with van der Waals surface area (Å²) < 4.78 is 13.7. The molecule has 0 saturated carbocycles. The number of para-hydroxylation sites is 1. The predicted molar refractivity (Wildman–Crippen MR) is 181 cm³/mol. The quantitative estimate of drug-likeness (QED) is 0.0825. The monoisotopic (exact) mass is 688 g/mol. The SMILES string of the molecule is CCOc1cc(C)c(-c2nc3ccccc3c(=O)n2N=Cc2cc(Cl)c(OCc3cccc([N+](=O)[O-])c3)c(Br)c2)cc1C(C)C. The zero-order valence-electron chi connectivity index (χ0n) is 25.1. The number of hydrogen-bond donors (Lipinski definition) is 0. The molecule has 0 atom stereocenters. The summed E-state index contributed by atoms with van der Waals surface area (Å²) in [6.07, 6.45) is 1.54. The topological polar surface area (TPSA) is 109 Å². The van der Waals surface area contributed by atoms with Crippen molar-refractivity contribution in [2.24, 2.45) is 5.10 Å². The molecule has 9 nitrogen and oxygen atoms in total.